The minimum Gasteiger partial charge on any atom is -0.426 e. The summed E-state index contributed by atoms with van der Waals surface area (Å²) in [6.07, 6.45) is 11.2. The molecule has 0 atom stereocenters. The first-order chi connectivity index (χ1) is 14.3. The Hall–Kier alpha value is -2.75. The quantitative estimate of drug-likeness (QED) is 0.391. The Morgan fingerprint density at radius 2 is 1.93 bits per heavy atom. The molecule has 1 aromatic carbocycles. The van der Waals surface area contributed by atoms with E-state index in [9.17, 15) is 13.2 Å². The van der Waals surface area contributed by atoms with Crippen LogP contribution in [0.3, 0.4) is 0 Å². The molecule has 2 aliphatic heterocycles. The predicted octanol–water partition coefficient (Wildman–Crippen LogP) is 3.29. The van der Waals surface area contributed by atoms with E-state index in [0.717, 1.165) is 16.8 Å². The van der Waals surface area contributed by atoms with Gasteiger partial charge in [-0.1, -0.05) is 36.4 Å². The van der Waals surface area contributed by atoms with Crippen LogP contribution in [0.2, 0.25) is 0 Å². The first kappa shape index (κ1) is 21.9. The second kappa shape index (κ2) is 9.38. The van der Waals surface area contributed by atoms with E-state index in [1.807, 2.05) is 60.5 Å². The number of allylic oxidation sites excluding steroid dienone is 6. The van der Waals surface area contributed by atoms with E-state index in [4.69, 9.17) is 21.5 Å². The molecule has 1 amide bonds. The zero-order valence-electron chi connectivity index (χ0n) is 16.4. The number of amides is 1. The molecule has 2 heterocycles. The van der Waals surface area contributed by atoms with Gasteiger partial charge in [0.1, 0.15) is 0 Å². The number of carbonyl (C=O) groups excluding carboxylic acids is 1. The molecule has 1 saturated heterocycles. The number of rotatable bonds is 7. The third kappa shape index (κ3) is 5.24. The van der Waals surface area contributed by atoms with Crippen LogP contribution in [0, 0.1) is 0 Å². The van der Waals surface area contributed by atoms with Crippen LogP contribution in [0.15, 0.2) is 66.6 Å². The number of ether oxygens (including phenoxy) is 1. The summed E-state index contributed by atoms with van der Waals surface area (Å²) in [6.45, 7) is 2.76. The maximum Gasteiger partial charge on any atom is 0.297 e. The van der Waals surface area contributed by atoms with Gasteiger partial charge in [0.25, 0.3) is 21.2 Å². The Bertz CT molecular complexity index is 1070. The number of fused-ring (bicyclic) bond motifs is 1. The zero-order valence-corrected chi connectivity index (χ0v) is 18.0. The van der Waals surface area contributed by atoms with Crippen molar-refractivity contribution in [2.24, 2.45) is 0 Å². The summed E-state index contributed by atoms with van der Waals surface area (Å²) in [5.41, 5.74) is 2.91. The zero-order chi connectivity index (χ0) is 21.7. The Morgan fingerprint density at radius 1 is 1.20 bits per heavy atom. The monoisotopic (exact) mass is 446 g/mol. The predicted molar refractivity (Wildman–Crippen MR) is 120 cm³/mol. The molecule has 0 saturated carbocycles. The first-order valence-electron chi connectivity index (χ1n) is 9.42. The number of para-hydroxylation sites is 1. The van der Waals surface area contributed by atoms with E-state index in [-0.39, 0.29) is 22.6 Å². The maximum absolute atomic E-state index is 12.1. The van der Waals surface area contributed by atoms with E-state index >= 15 is 0 Å². The van der Waals surface area contributed by atoms with E-state index < -0.39 is 10.1 Å². The summed E-state index contributed by atoms with van der Waals surface area (Å²) in [5, 5.41) is 0.165. The van der Waals surface area contributed by atoms with Gasteiger partial charge in [0.2, 0.25) is 0 Å². The van der Waals surface area contributed by atoms with Gasteiger partial charge in [-0.25, -0.2) is 0 Å². The van der Waals surface area contributed by atoms with Crippen molar-refractivity contribution >= 4 is 44.7 Å². The number of carbonyl (C=O) groups is 1. The van der Waals surface area contributed by atoms with Crippen molar-refractivity contribution in [2.75, 3.05) is 23.7 Å². The van der Waals surface area contributed by atoms with Crippen molar-refractivity contribution in [1.82, 2.24) is 4.90 Å². The normalized spacial score (nSPS) is 19.3. The number of benzene rings is 1. The lowest BCUT2D eigenvalue weighted by atomic mass is 9.99. The van der Waals surface area contributed by atoms with Crippen LogP contribution in [-0.4, -0.2) is 47.8 Å². The van der Waals surface area contributed by atoms with E-state index in [1.54, 1.807) is 12.2 Å². The lowest BCUT2D eigenvalue weighted by molar-refractivity contribution is -0.122. The van der Waals surface area contributed by atoms with Crippen LogP contribution in [-0.2, 0) is 19.6 Å². The molecule has 0 aromatic heterocycles. The van der Waals surface area contributed by atoms with Crippen LogP contribution < -0.4 is 4.90 Å². The number of hydrogen-bond donors (Lipinski definition) is 1. The van der Waals surface area contributed by atoms with Crippen LogP contribution in [0.25, 0.3) is 5.57 Å². The van der Waals surface area contributed by atoms with Crippen molar-refractivity contribution < 1.29 is 22.5 Å². The van der Waals surface area contributed by atoms with Gasteiger partial charge in [-0.15, -0.1) is 0 Å². The molecule has 3 rings (SSSR count). The van der Waals surface area contributed by atoms with Gasteiger partial charge in [0, 0.05) is 30.5 Å². The average Bonchev–Trinajstić information content (AvgIpc) is 2.98. The SMILES string of the molecule is CCN1C(=O)\C(=C/C=C/C=C2\C=CN(CCCS(=O)(=O)O)c3ccccc32)OC1=S. The molecule has 158 valence electrons. The highest BCUT2D eigenvalue weighted by molar-refractivity contribution is 7.85. The summed E-state index contributed by atoms with van der Waals surface area (Å²) in [5.74, 6) is -0.330. The first-order valence-corrected chi connectivity index (χ1v) is 11.4. The fourth-order valence-electron chi connectivity index (χ4n) is 3.16. The minimum absolute atomic E-state index is 0.165. The highest BCUT2D eigenvalue weighted by Crippen LogP contribution is 2.32. The molecule has 7 nitrogen and oxygen atoms in total. The molecule has 2 aliphatic rings. The molecule has 0 radical (unpaired) electrons. The summed E-state index contributed by atoms with van der Waals surface area (Å²) in [6, 6.07) is 7.78. The number of nitrogens with zero attached hydrogens (tertiary/aromatic N) is 2. The second-order valence-corrected chi connectivity index (χ2v) is 8.54. The van der Waals surface area contributed by atoms with Gasteiger partial charge < -0.3 is 9.64 Å². The Balaban J connectivity index is 1.73. The molecule has 9 heteroatoms. The molecular weight excluding hydrogens is 424 g/mol. The van der Waals surface area contributed by atoms with Gasteiger partial charge in [0.05, 0.1) is 5.75 Å². The second-order valence-electron chi connectivity index (χ2n) is 6.62. The standard InChI is InChI=1S/C21H22N2O5S2/c1-2-23-20(24)19(28-21(23)29)11-6-3-8-16-12-14-22(13-7-15-30(25,26)27)18-10-5-4-9-17(16)18/h3-6,8-12,14H,2,7,13,15H2,1H3,(H,25,26,27)/b6-3+,16-8+,19-11+. The molecule has 0 aliphatic carbocycles. The smallest absolute Gasteiger partial charge is 0.297 e. The number of thiocarbonyl (C=S) groups is 1. The van der Waals surface area contributed by atoms with Gasteiger partial charge in [-0.3, -0.25) is 14.2 Å². The van der Waals surface area contributed by atoms with Crippen molar-refractivity contribution in [3.8, 4) is 0 Å². The van der Waals surface area contributed by atoms with Crippen LogP contribution in [0.5, 0.6) is 0 Å². The lowest BCUT2D eigenvalue weighted by Crippen LogP contribution is -2.27. The van der Waals surface area contributed by atoms with Crippen molar-refractivity contribution in [2.45, 2.75) is 13.3 Å². The van der Waals surface area contributed by atoms with Crippen molar-refractivity contribution in [1.29, 1.82) is 0 Å². The maximum atomic E-state index is 12.1. The van der Waals surface area contributed by atoms with Gasteiger partial charge >= 0.3 is 0 Å². The summed E-state index contributed by atoms with van der Waals surface area (Å²) < 4.78 is 36.1. The third-order valence-corrected chi connectivity index (χ3v) is 5.69. The third-order valence-electron chi connectivity index (χ3n) is 4.58. The van der Waals surface area contributed by atoms with E-state index in [2.05, 4.69) is 0 Å². The fraction of sp³-hybridized carbons (Fsp3) is 0.238. The molecule has 0 bridgehead atoms. The molecule has 0 unspecified atom stereocenters. The Labute approximate surface area is 181 Å². The minimum atomic E-state index is -3.97. The van der Waals surface area contributed by atoms with E-state index in [1.165, 1.54) is 4.90 Å². The van der Waals surface area contributed by atoms with Gasteiger partial charge in [-0.05, 0) is 49.4 Å². The molecule has 0 spiro atoms. The summed E-state index contributed by atoms with van der Waals surface area (Å²) >= 11 is 5.03. The molecule has 1 aromatic rings. The van der Waals surface area contributed by atoms with Crippen molar-refractivity contribution in [3.05, 3.63) is 72.2 Å². The van der Waals surface area contributed by atoms with E-state index in [0.29, 0.717) is 19.5 Å². The summed E-state index contributed by atoms with van der Waals surface area (Å²) in [4.78, 5) is 15.5. The van der Waals surface area contributed by atoms with Crippen LogP contribution in [0.1, 0.15) is 18.9 Å². The fourth-order valence-corrected chi connectivity index (χ4v) is 3.95. The molecule has 1 fully saturated rings. The van der Waals surface area contributed by atoms with Crippen molar-refractivity contribution in [3.63, 3.8) is 0 Å². The van der Waals surface area contributed by atoms with Crippen LogP contribution in [0.4, 0.5) is 5.69 Å². The van der Waals surface area contributed by atoms with Gasteiger partial charge in [-0.2, -0.15) is 8.42 Å². The largest absolute Gasteiger partial charge is 0.426 e. The Morgan fingerprint density at radius 3 is 2.63 bits per heavy atom. The average molecular weight is 447 g/mol. The molecular formula is C21H22N2O5S2. The number of anilines is 1. The molecule has 30 heavy (non-hydrogen) atoms. The number of hydrogen-bond acceptors (Lipinski definition) is 6. The van der Waals surface area contributed by atoms with Gasteiger partial charge in [0.15, 0.2) is 5.76 Å². The summed E-state index contributed by atoms with van der Waals surface area (Å²) in [7, 11) is -3.97. The number of likely N-dealkylation sites (N-methyl/N-ethyl adjacent to an activating group) is 1. The molecule has 1 N–H and O–H groups in total. The highest BCUT2D eigenvalue weighted by Gasteiger charge is 2.31. The lowest BCUT2D eigenvalue weighted by Gasteiger charge is -2.27. The topological polar surface area (TPSA) is 87.2 Å². The Kier molecular flexibility index (Phi) is 6.86. The highest BCUT2D eigenvalue weighted by atomic mass is 32.2. The van der Waals surface area contributed by atoms with Crippen LogP contribution >= 0.6 is 12.2 Å².